The molecule has 21 heavy (non-hydrogen) atoms. The summed E-state index contributed by atoms with van der Waals surface area (Å²) in [6, 6.07) is 4.48. The van der Waals surface area contributed by atoms with E-state index in [9.17, 15) is 14.9 Å². The van der Waals surface area contributed by atoms with Crippen LogP contribution in [0.2, 0.25) is 0 Å². The molecule has 1 amide bonds. The largest absolute Gasteiger partial charge is 0.381 e. The van der Waals surface area contributed by atoms with E-state index in [-0.39, 0.29) is 11.6 Å². The number of carbonyl (C=O) groups is 1. The number of hydrogen-bond acceptors (Lipinski definition) is 4. The predicted molar refractivity (Wildman–Crippen MR) is 80.4 cm³/mol. The summed E-state index contributed by atoms with van der Waals surface area (Å²) in [5.74, 6) is 0.189. The van der Waals surface area contributed by atoms with Crippen molar-refractivity contribution in [3.63, 3.8) is 0 Å². The van der Waals surface area contributed by atoms with E-state index in [4.69, 9.17) is 4.74 Å². The minimum Gasteiger partial charge on any atom is -0.381 e. The normalized spacial score (nSPS) is 10.7. The maximum atomic E-state index is 11.9. The second-order valence-electron chi connectivity index (χ2n) is 5.34. The molecule has 1 N–H and O–H groups in total. The van der Waals surface area contributed by atoms with Gasteiger partial charge in [0.05, 0.1) is 4.92 Å². The number of aryl methyl sites for hydroxylation is 1. The van der Waals surface area contributed by atoms with E-state index in [1.807, 2.05) is 0 Å². The van der Waals surface area contributed by atoms with E-state index in [1.165, 1.54) is 6.07 Å². The number of nitro benzene ring substituents is 1. The third kappa shape index (κ3) is 5.91. The molecule has 116 valence electrons. The zero-order valence-corrected chi connectivity index (χ0v) is 12.7. The van der Waals surface area contributed by atoms with Gasteiger partial charge in [0, 0.05) is 37.0 Å². The monoisotopic (exact) mass is 294 g/mol. The first-order valence-electron chi connectivity index (χ1n) is 7.02. The molecule has 0 unspecified atom stereocenters. The molecule has 0 aliphatic rings. The molecule has 0 atom stereocenters. The van der Waals surface area contributed by atoms with Crippen LogP contribution in [0.25, 0.3) is 0 Å². The molecule has 0 fully saturated rings. The zero-order valence-electron chi connectivity index (χ0n) is 12.7. The number of amides is 1. The molecular weight excluding hydrogens is 272 g/mol. The third-order valence-electron chi connectivity index (χ3n) is 2.87. The number of rotatable bonds is 8. The average molecular weight is 294 g/mol. The number of carbonyl (C=O) groups excluding carboxylic acids is 1. The zero-order chi connectivity index (χ0) is 15.8. The highest BCUT2D eigenvalue weighted by Gasteiger charge is 2.14. The highest BCUT2D eigenvalue weighted by Crippen LogP contribution is 2.19. The summed E-state index contributed by atoms with van der Waals surface area (Å²) in [5.41, 5.74) is 0.803. The van der Waals surface area contributed by atoms with Crippen molar-refractivity contribution in [3.05, 3.63) is 39.4 Å². The van der Waals surface area contributed by atoms with Crippen LogP contribution in [0.15, 0.2) is 18.2 Å². The standard InChI is InChI=1S/C15H22N2O4/c1-11(2)10-21-8-4-7-16-15(18)13-6-5-12(3)14(9-13)17(19)20/h5-6,9,11H,4,7-8,10H2,1-3H3,(H,16,18). The molecule has 0 saturated carbocycles. The molecule has 6 nitrogen and oxygen atoms in total. The van der Waals surface area contributed by atoms with E-state index in [0.29, 0.717) is 43.2 Å². The minimum absolute atomic E-state index is 0.0390. The summed E-state index contributed by atoms with van der Waals surface area (Å²) in [6.07, 6.45) is 0.715. The van der Waals surface area contributed by atoms with Gasteiger partial charge in [0.25, 0.3) is 11.6 Å². The van der Waals surface area contributed by atoms with Gasteiger partial charge in [-0.25, -0.2) is 0 Å². The van der Waals surface area contributed by atoms with Gasteiger partial charge >= 0.3 is 0 Å². The lowest BCUT2D eigenvalue weighted by atomic mass is 10.1. The van der Waals surface area contributed by atoms with Crippen LogP contribution in [-0.4, -0.2) is 30.6 Å². The summed E-state index contributed by atoms with van der Waals surface area (Å²) in [6.45, 7) is 7.58. The van der Waals surface area contributed by atoms with Gasteiger partial charge in [0.15, 0.2) is 0 Å². The van der Waals surface area contributed by atoms with E-state index in [0.717, 1.165) is 0 Å². The first kappa shape index (κ1) is 17.1. The molecule has 0 aliphatic heterocycles. The van der Waals surface area contributed by atoms with Crippen LogP contribution in [0, 0.1) is 23.0 Å². The van der Waals surface area contributed by atoms with Crippen LogP contribution < -0.4 is 5.32 Å². The van der Waals surface area contributed by atoms with Crippen molar-refractivity contribution in [1.82, 2.24) is 5.32 Å². The van der Waals surface area contributed by atoms with Gasteiger partial charge in [-0.3, -0.25) is 14.9 Å². The molecule has 0 radical (unpaired) electrons. The predicted octanol–water partition coefficient (Wildman–Crippen LogP) is 2.70. The number of hydrogen-bond donors (Lipinski definition) is 1. The summed E-state index contributed by atoms with van der Waals surface area (Å²) in [5, 5.41) is 13.6. The van der Waals surface area contributed by atoms with Gasteiger partial charge in [-0.15, -0.1) is 0 Å². The van der Waals surface area contributed by atoms with Crippen LogP contribution in [0.4, 0.5) is 5.69 Å². The topological polar surface area (TPSA) is 81.5 Å². The lowest BCUT2D eigenvalue weighted by molar-refractivity contribution is -0.385. The Morgan fingerprint density at radius 2 is 2.14 bits per heavy atom. The molecule has 0 aliphatic carbocycles. The average Bonchev–Trinajstić information content (AvgIpc) is 2.42. The molecule has 0 aromatic heterocycles. The maximum absolute atomic E-state index is 11.9. The molecule has 6 heteroatoms. The number of ether oxygens (including phenoxy) is 1. The van der Waals surface area contributed by atoms with Crippen molar-refractivity contribution >= 4 is 11.6 Å². The maximum Gasteiger partial charge on any atom is 0.273 e. The van der Waals surface area contributed by atoms with Gasteiger partial charge in [0.1, 0.15) is 0 Å². The van der Waals surface area contributed by atoms with Crippen molar-refractivity contribution in [2.45, 2.75) is 27.2 Å². The van der Waals surface area contributed by atoms with Crippen molar-refractivity contribution in [3.8, 4) is 0 Å². The Morgan fingerprint density at radius 1 is 1.43 bits per heavy atom. The number of nitro groups is 1. The Kier molecular flexibility index (Phi) is 6.81. The van der Waals surface area contributed by atoms with Gasteiger partial charge < -0.3 is 10.1 Å². The second kappa shape index (κ2) is 8.36. The number of nitrogens with one attached hydrogen (secondary N) is 1. The van der Waals surface area contributed by atoms with Crippen molar-refractivity contribution in [2.24, 2.45) is 5.92 Å². The molecular formula is C15H22N2O4. The van der Waals surface area contributed by atoms with Gasteiger partial charge in [-0.05, 0) is 25.3 Å². The molecule has 0 saturated heterocycles. The van der Waals surface area contributed by atoms with Gasteiger partial charge in [-0.1, -0.05) is 19.9 Å². The van der Waals surface area contributed by atoms with Crippen molar-refractivity contribution < 1.29 is 14.5 Å². The fourth-order valence-corrected chi connectivity index (χ4v) is 1.74. The Morgan fingerprint density at radius 3 is 2.76 bits per heavy atom. The molecule has 0 heterocycles. The van der Waals surface area contributed by atoms with Crippen LogP contribution in [0.5, 0.6) is 0 Å². The van der Waals surface area contributed by atoms with Crippen molar-refractivity contribution in [1.29, 1.82) is 0 Å². The minimum atomic E-state index is -0.480. The lowest BCUT2D eigenvalue weighted by Gasteiger charge is -2.08. The Hall–Kier alpha value is -1.95. The molecule has 0 bridgehead atoms. The highest BCUT2D eigenvalue weighted by atomic mass is 16.6. The Bertz CT molecular complexity index is 500. The molecule has 1 rings (SSSR count). The van der Waals surface area contributed by atoms with E-state index >= 15 is 0 Å². The number of benzene rings is 1. The Balaban J connectivity index is 2.42. The van der Waals surface area contributed by atoms with Crippen LogP contribution in [0.3, 0.4) is 0 Å². The van der Waals surface area contributed by atoms with Crippen LogP contribution >= 0.6 is 0 Å². The van der Waals surface area contributed by atoms with Crippen molar-refractivity contribution in [2.75, 3.05) is 19.8 Å². The smallest absolute Gasteiger partial charge is 0.273 e. The van der Waals surface area contributed by atoms with E-state index in [2.05, 4.69) is 19.2 Å². The molecule has 0 spiro atoms. The van der Waals surface area contributed by atoms with E-state index in [1.54, 1.807) is 19.1 Å². The Labute approximate surface area is 124 Å². The van der Waals surface area contributed by atoms with Crippen LogP contribution in [-0.2, 0) is 4.74 Å². The highest BCUT2D eigenvalue weighted by molar-refractivity contribution is 5.94. The fraction of sp³-hybridized carbons (Fsp3) is 0.533. The first-order chi connectivity index (χ1) is 9.91. The first-order valence-corrected chi connectivity index (χ1v) is 7.02. The van der Waals surface area contributed by atoms with Gasteiger partial charge in [0.2, 0.25) is 0 Å². The third-order valence-corrected chi connectivity index (χ3v) is 2.87. The number of nitrogens with zero attached hydrogens (tertiary/aromatic N) is 1. The van der Waals surface area contributed by atoms with Crippen LogP contribution in [0.1, 0.15) is 36.2 Å². The summed E-state index contributed by atoms with van der Waals surface area (Å²) in [4.78, 5) is 22.3. The van der Waals surface area contributed by atoms with Gasteiger partial charge in [-0.2, -0.15) is 0 Å². The lowest BCUT2D eigenvalue weighted by Crippen LogP contribution is -2.25. The molecule has 1 aromatic rings. The van der Waals surface area contributed by atoms with E-state index < -0.39 is 4.92 Å². The second-order valence-corrected chi connectivity index (χ2v) is 5.34. The summed E-state index contributed by atoms with van der Waals surface area (Å²) >= 11 is 0. The summed E-state index contributed by atoms with van der Waals surface area (Å²) in [7, 11) is 0. The molecule has 1 aromatic carbocycles. The summed E-state index contributed by atoms with van der Waals surface area (Å²) < 4.78 is 5.41. The quantitative estimate of drug-likeness (QED) is 0.454. The SMILES string of the molecule is Cc1ccc(C(=O)NCCCOCC(C)C)cc1[N+](=O)[O-]. The fourth-order valence-electron chi connectivity index (χ4n) is 1.74.